The van der Waals surface area contributed by atoms with Crippen LogP contribution >= 0.6 is 0 Å². The van der Waals surface area contributed by atoms with Crippen LogP contribution in [0.3, 0.4) is 0 Å². The van der Waals surface area contributed by atoms with Gasteiger partial charge in [0.15, 0.2) is 5.60 Å². The van der Waals surface area contributed by atoms with Crippen LogP contribution in [0.5, 0.6) is 0 Å². The van der Waals surface area contributed by atoms with Crippen molar-refractivity contribution in [1.29, 1.82) is 0 Å². The van der Waals surface area contributed by atoms with Gasteiger partial charge < -0.3 is 10.4 Å². The number of aliphatic hydroxyl groups is 1. The minimum atomic E-state index is -1.42. The molecule has 2 N–H and O–H groups in total. The predicted octanol–water partition coefficient (Wildman–Crippen LogP) is 4.26. The van der Waals surface area contributed by atoms with Crippen molar-refractivity contribution in [3.8, 4) is 0 Å². The van der Waals surface area contributed by atoms with Crippen LogP contribution in [-0.2, 0) is 10.4 Å². The monoisotopic (exact) mass is 406 g/mol. The Hall–Kier alpha value is -2.17. The molecule has 0 bridgehead atoms. The molecule has 0 aromatic heterocycles. The Morgan fingerprint density at radius 1 is 1.07 bits per heavy atom. The van der Waals surface area contributed by atoms with E-state index in [1.54, 1.807) is 0 Å². The molecule has 1 heterocycles. The van der Waals surface area contributed by atoms with Gasteiger partial charge in [-0.25, -0.2) is 0 Å². The third kappa shape index (κ3) is 4.30. The van der Waals surface area contributed by atoms with E-state index in [-0.39, 0.29) is 11.8 Å². The molecule has 2 aromatic rings. The lowest BCUT2D eigenvalue weighted by atomic mass is 9.79. The fraction of sp³-hybridized carbons (Fsp3) is 0.500. The summed E-state index contributed by atoms with van der Waals surface area (Å²) in [6.45, 7) is 4.90. The molecule has 3 atom stereocenters. The van der Waals surface area contributed by atoms with Crippen molar-refractivity contribution in [2.45, 2.75) is 50.7 Å². The molecule has 0 unspecified atom stereocenters. The normalized spacial score (nSPS) is 23.2. The van der Waals surface area contributed by atoms with Crippen LogP contribution in [0.2, 0.25) is 0 Å². The summed E-state index contributed by atoms with van der Waals surface area (Å²) in [7, 11) is 0. The van der Waals surface area contributed by atoms with E-state index in [0.717, 1.165) is 50.8 Å². The van der Waals surface area contributed by atoms with Crippen molar-refractivity contribution in [2.24, 2.45) is 11.8 Å². The van der Waals surface area contributed by atoms with Gasteiger partial charge in [0.2, 0.25) is 0 Å². The van der Waals surface area contributed by atoms with E-state index >= 15 is 0 Å². The summed E-state index contributed by atoms with van der Waals surface area (Å²) in [5, 5.41) is 14.7. The molecule has 1 saturated heterocycles. The fourth-order valence-corrected chi connectivity index (χ4v) is 5.28. The average Bonchev–Trinajstić information content (AvgIpc) is 3.50. The molecule has 30 heavy (non-hydrogen) atoms. The molecule has 4 heteroatoms. The molecule has 0 spiro atoms. The summed E-state index contributed by atoms with van der Waals surface area (Å²) >= 11 is 0. The summed E-state index contributed by atoms with van der Waals surface area (Å²) in [5.41, 5.74) is 0.634. The Kier molecular flexibility index (Phi) is 6.55. The Morgan fingerprint density at radius 3 is 2.37 bits per heavy atom. The zero-order valence-corrected chi connectivity index (χ0v) is 18.0. The highest BCUT2D eigenvalue weighted by Gasteiger charge is 2.46. The summed E-state index contributed by atoms with van der Waals surface area (Å²) in [5.74, 6) is 0.192. The molecule has 0 radical (unpaired) electrons. The first-order chi connectivity index (χ1) is 14.6. The Balaban J connectivity index is 1.38. The number of hydrogen-bond acceptors (Lipinski definition) is 3. The summed E-state index contributed by atoms with van der Waals surface area (Å²) < 4.78 is 0. The van der Waals surface area contributed by atoms with Crippen LogP contribution in [0.25, 0.3) is 0 Å². The second kappa shape index (κ2) is 9.32. The predicted molar refractivity (Wildman–Crippen MR) is 120 cm³/mol. The zero-order chi connectivity index (χ0) is 21.0. The summed E-state index contributed by atoms with van der Waals surface area (Å²) in [4.78, 5) is 15.8. The lowest BCUT2D eigenvalue weighted by Gasteiger charge is -2.33. The number of carbonyl (C=O) groups is 1. The number of nitrogens with one attached hydrogen (secondary N) is 1. The van der Waals surface area contributed by atoms with E-state index in [1.807, 2.05) is 30.3 Å². The number of nitrogens with zero attached hydrogens (tertiary/aromatic N) is 1. The molecule has 1 aliphatic heterocycles. The van der Waals surface area contributed by atoms with E-state index in [2.05, 4.69) is 47.5 Å². The Bertz CT molecular complexity index is 819. The van der Waals surface area contributed by atoms with Crippen molar-refractivity contribution in [1.82, 2.24) is 10.2 Å². The third-order valence-corrected chi connectivity index (χ3v) is 7.20. The molecule has 4 nitrogen and oxygen atoms in total. The van der Waals surface area contributed by atoms with Gasteiger partial charge in [-0.3, -0.25) is 9.69 Å². The smallest absolute Gasteiger partial charge is 0.256 e. The summed E-state index contributed by atoms with van der Waals surface area (Å²) in [6.07, 6.45) is 5.06. The second-order valence-electron chi connectivity index (χ2n) is 9.06. The highest BCUT2D eigenvalue weighted by atomic mass is 16.3. The number of hydrogen-bond donors (Lipinski definition) is 2. The maximum atomic E-state index is 13.3. The van der Waals surface area contributed by atoms with Gasteiger partial charge in [-0.15, -0.1) is 0 Å². The van der Waals surface area contributed by atoms with E-state index in [0.29, 0.717) is 18.5 Å². The van der Waals surface area contributed by atoms with Crippen LogP contribution in [0.15, 0.2) is 60.7 Å². The lowest BCUT2D eigenvalue weighted by Crippen LogP contribution is -2.50. The van der Waals surface area contributed by atoms with Crippen LogP contribution in [-0.4, -0.2) is 35.5 Å². The largest absolute Gasteiger partial charge is 0.375 e. The van der Waals surface area contributed by atoms with Gasteiger partial charge in [0.25, 0.3) is 5.91 Å². The second-order valence-corrected chi connectivity index (χ2v) is 9.06. The molecule has 1 aliphatic carbocycles. The molecular formula is C26H34N2O2. The third-order valence-electron chi connectivity index (χ3n) is 7.20. The first kappa shape index (κ1) is 21.1. The molecular weight excluding hydrogens is 372 g/mol. The van der Waals surface area contributed by atoms with Gasteiger partial charge >= 0.3 is 0 Å². The summed E-state index contributed by atoms with van der Waals surface area (Å²) in [6, 6.07) is 20.5. The van der Waals surface area contributed by atoms with Crippen LogP contribution in [0.4, 0.5) is 0 Å². The van der Waals surface area contributed by atoms with Crippen LogP contribution in [0.1, 0.15) is 56.2 Å². The molecule has 2 fully saturated rings. The first-order valence-corrected chi connectivity index (χ1v) is 11.4. The number of rotatable bonds is 7. The number of likely N-dealkylation sites (tertiary alicyclic amines) is 1. The molecule has 2 aliphatic rings. The minimum Gasteiger partial charge on any atom is -0.375 e. The van der Waals surface area contributed by atoms with Crippen molar-refractivity contribution >= 4 is 5.91 Å². The van der Waals surface area contributed by atoms with Gasteiger partial charge in [-0.05, 0) is 49.8 Å². The van der Waals surface area contributed by atoms with Crippen molar-refractivity contribution in [2.75, 3.05) is 19.6 Å². The van der Waals surface area contributed by atoms with Gasteiger partial charge in [0.1, 0.15) is 0 Å². The zero-order valence-electron chi connectivity index (χ0n) is 18.0. The van der Waals surface area contributed by atoms with E-state index in [9.17, 15) is 9.90 Å². The minimum absolute atomic E-state index is 0.00178. The number of benzene rings is 2. The molecule has 1 saturated carbocycles. The highest BCUT2D eigenvalue weighted by Crippen LogP contribution is 2.41. The average molecular weight is 407 g/mol. The first-order valence-electron chi connectivity index (χ1n) is 11.4. The number of amides is 1. The van der Waals surface area contributed by atoms with Gasteiger partial charge in [-0.2, -0.15) is 0 Å². The molecule has 4 rings (SSSR count). The topological polar surface area (TPSA) is 52.6 Å². The Labute approximate surface area is 180 Å². The van der Waals surface area contributed by atoms with Crippen LogP contribution < -0.4 is 5.32 Å². The van der Waals surface area contributed by atoms with Crippen LogP contribution in [0, 0.1) is 11.8 Å². The molecule has 160 valence electrons. The maximum absolute atomic E-state index is 13.3. The standard InChI is InChI=1S/C26H34N2O2/c1-20(22-10-4-2-5-11-22)28-17-16-21(19-28)18-27-25(29)26(30,24-14-8-9-15-24)23-12-6-3-7-13-23/h2-7,10-13,20-21,24,30H,8-9,14-19H2,1H3,(H,27,29)/t20-,21+,26-/m1/s1. The van der Waals surface area contributed by atoms with Gasteiger partial charge in [0.05, 0.1) is 0 Å². The van der Waals surface area contributed by atoms with Crippen molar-refractivity contribution in [3.63, 3.8) is 0 Å². The SMILES string of the molecule is C[C@H](c1ccccc1)N1CC[C@@H](CNC(=O)[C@@](O)(c2ccccc2)C2CCCC2)C1. The van der Waals surface area contributed by atoms with Crippen molar-refractivity contribution in [3.05, 3.63) is 71.8 Å². The van der Waals surface area contributed by atoms with E-state index in [1.165, 1.54) is 5.56 Å². The molecule has 2 aromatic carbocycles. The fourth-order valence-electron chi connectivity index (χ4n) is 5.28. The van der Waals surface area contributed by atoms with Crippen molar-refractivity contribution < 1.29 is 9.90 Å². The Morgan fingerprint density at radius 2 is 1.70 bits per heavy atom. The quantitative estimate of drug-likeness (QED) is 0.722. The van der Waals surface area contributed by atoms with E-state index in [4.69, 9.17) is 0 Å². The highest BCUT2D eigenvalue weighted by molar-refractivity contribution is 5.86. The maximum Gasteiger partial charge on any atom is 0.256 e. The van der Waals surface area contributed by atoms with Gasteiger partial charge in [0, 0.05) is 25.0 Å². The molecule has 1 amide bonds. The number of carbonyl (C=O) groups excluding carboxylic acids is 1. The lowest BCUT2D eigenvalue weighted by molar-refractivity contribution is -0.147. The van der Waals surface area contributed by atoms with E-state index < -0.39 is 5.60 Å². The van der Waals surface area contributed by atoms with Gasteiger partial charge in [-0.1, -0.05) is 73.5 Å².